The first-order chi connectivity index (χ1) is 11.7. The van der Waals surface area contributed by atoms with Crippen molar-refractivity contribution in [1.29, 1.82) is 0 Å². The second kappa shape index (κ2) is 6.77. The van der Waals surface area contributed by atoms with Crippen molar-refractivity contribution in [3.05, 3.63) is 15.3 Å². The molecule has 3 rings (SSSR count). The number of likely N-dealkylation sites (tertiary alicyclic amines) is 1. The number of sulfone groups is 1. The predicted octanol–water partition coefficient (Wildman–Crippen LogP) is 2.25. The minimum absolute atomic E-state index is 0.00318. The van der Waals surface area contributed by atoms with Gasteiger partial charge in [-0.1, -0.05) is 11.6 Å². The van der Waals surface area contributed by atoms with Gasteiger partial charge in [0.2, 0.25) is 0 Å². The van der Waals surface area contributed by atoms with E-state index in [9.17, 15) is 18.0 Å². The molecule has 10 heteroatoms. The topological polar surface area (TPSA) is 84.0 Å². The SMILES string of the molecule is CC1CN(C2CCN(C(=O)c3scc(S(C)(=O)=O)c3Cl)CC2)C(=O)O1. The van der Waals surface area contributed by atoms with Gasteiger partial charge in [0.25, 0.3) is 5.91 Å². The number of thiophene rings is 1. The Morgan fingerprint density at radius 1 is 1.36 bits per heavy atom. The summed E-state index contributed by atoms with van der Waals surface area (Å²) in [6.07, 6.45) is 1.99. The van der Waals surface area contributed by atoms with Gasteiger partial charge in [0.15, 0.2) is 9.84 Å². The molecule has 2 saturated heterocycles. The Morgan fingerprint density at radius 3 is 2.48 bits per heavy atom. The van der Waals surface area contributed by atoms with E-state index in [1.807, 2.05) is 6.92 Å². The maximum atomic E-state index is 12.7. The lowest BCUT2D eigenvalue weighted by molar-refractivity contribution is 0.0663. The summed E-state index contributed by atoms with van der Waals surface area (Å²) in [7, 11) is -3.46. The van der Waals surface area contributed by atoms with Crippen LogP contribution in [-0.4, -0.2) is 68.3 Å². The highest BCUT2D eigenvalue weighted by Crippen LogP contribution is 2.33. The first-order valence-electron chi connectivity index (χ1n) is 7.92. The van der Waals surface area contributed by atoms with Gasteiger partial charge in [-0.3, -0.25) is 4.79 Å². The molecule has 3 heterocycles. The fraction of sp³-hybridized carbons (Fsp3) is 0.600. The van der Waals surface area contributed by atoms with Crippen molar-refractivity contribution in [2.24, 2.45) is 0 Å². The minimum atomic E-state index is -3.46. The van der Waals surface area contributed by atoms with Crippen LogP contribution in [0, 0.1) is 0 Å². The summed E-state index contributed by atoms with van der Waals surface area (Å²) in [4.78, 5) is 28.1. The highest BCUT2D eigenvalue weighted by molar-refractivity contribution is 7.91. The quantitative estimate of drug-likeness (QED) is 0.768. The van der Waals surface area contributed by atoms with Crippen LogP contribution in [0.4, 0.5) is 4.79 Å². The molecule has 1 atom stereocenters. The van der Waals surface area contributed by atoms with Gasteiger partial charge >= 0.3 is 6.09 Å². The molecule has 0 aliphatic carbocycles. The number of carbonyl (C=O) groups excluding carboxylic acids is 2. The maximum Gasteiger partial charge on any atom is 0.410 e. The molecule has 0 bridgehead atoms. The summed E-state index contributed by atoms with van der Waals surface area (Å²) in [6, 6.07) is 0.0619. The van der Waals surface area contributed by atoms with Gasteiger partial charge in [-0.15, -0.1) is 11.3 Å². The maximum absolute atomic E-state index is 12.7. The molecule has 1 aromatic heterocycles. The Kier molecular flexibility index (Phi) is 5.00. The third-order valence-corrected chi connectivity index (χ3v) is 7.33. The van der Waals surface area contributed by atoms with Gasteiger partial charge in [-0.2, -0.15) is 0 Å². The monoisotopic (exact) mass is 406 g/mol. The van der Waals surface area contributed by atoms with Crippen LogP contribution < -0.4 is 0 Å². The van der Waals surface area contributed by atoms with Crippen LogP contribution >= 0.6 is 22.9 Å². The largest absolute Gasteiger partial charge is 0.444 e. The fourth-order valence-electron chi connectivity index (χ4n) is 3.17. The zero-order chi connectivity index (χ0) is 18.4. The number of piperidine rings is 1. The highest BCUT2D eigenvalue weighted by Gasteiger charge is 2.37. The van der Waals surface area contributed by atoms with E-state index >= 15 is 0 Å². The average Bonchev–Trinajstić information content (AvgIpc) is 3.08. The molecule has 2 aliphatic rings. The first-order valence-corrected chi connectivity index (χ1v) is 11.1. The Balaban J connectivity index is 1.66. The summed E-state index contributed by atoms with van der Waals surface area (Å²) in [5.74, 6) is -0.263. The lowest BCUT2D eigenvalue weighted by atomic mass is 10.0. The molecule has 0 radical (unpaired) electrons. The molecule has 7 nitrogen and oxygen atoms in total. The molecular weight excluding hydrogens is 388 g/mol. The average molecular weight is 407 g/mol. The third-order valence-electron chi connectivity index (χ3n) is 4.48. The number of cyclic esters (lactones) is 1. The predicted molar refractivity (Wildman–Crippen MR) is 94.0 cm³/mol. The van der Waals surface area contributed by atoms with Crippen molar-refractivity contribution in [3.63, 3.8) is 0 Å². The Labute approximate surface area is 155 Å². The standard InChI is InChI=1S/C15H19ClN2O5S2/c1-9-7-18(15(20)23-9)10-3-5-17(6-4-10)14(19)13-12(16)11(8-24-13)25(2,21)22/h8-10H,3-7H2,1-2H3. The zero-order valence-electron chi connectivity index (χ0n) is 13.9. The second-order valence-corrected chi connectivity index (χ2v) is 9.63. The van der Waals surface area contributed by atoms with Crippen LogP contribution in [0.15, 0.2) is 10.3 Å². The molecule has 138 valence electrons. The van der Waals surface area contributed by atoms with E-state index in [1.165, 1.54) is 5.38 Å². The number of nitrogens with zero attached hydrogens (tertiary/aromatic N) is 2. The van der Waals surface area contributed by atoms with Crippen molar-refractivity contribution in [1.82, 2.24) is 9.80 Å². The molecular formula is C15H19ClN2O5S2. The smallest absolute Gasteiger partial charge is 0.410 e. The van der Waals surface area contributed by atoms with Crippen molar-refractivity contribution in [3.8, 4) is 0 Å². The third kappa shape index (κ3) is 3.63. The molecule has 0 N–H and O–H groups in total. The Morgan fingerprint density at radius 2 is 2.00 bits per heavy atom. The Hall–Kier alpha value is -1.32. The van der Waals surface area contributed by atoms with Gasteiger partial charge in [0.05, 0.1) is 16.5 Å². The minimum Gasteiger partial charge on any atom is -0.444 e. The second-order valence-electron chi connectivity index (χ2n) is 6.39. The number of ether oxygens (including phenoxy) is 1. The van der Waals surface area contributed by atoms with E-state index in [4.69, 9.17) is 16.3 Å². The van der Waals surface area contributed by atoms with Gasteiger partial charge in [0.1, 0.15) is 11.0 Å². The molecule has 1 aromatic rings. The molecule has 0 saturated carbocycles. The van der Waals surface area contributed by atoms with Crippen molar-refractivity contribution in [2.45, 2.75) is 36.8 Å². The number of carbonyl (C=O) groups is 2. The number of amides is 2. The number of hydrogen-bond donors (Lipinski definition) is 0. The summed E-state index contributed by atoms with van der Waals surface area (Å²) in [5, 5.41) is 1.40. The normalized spacial score (nSPS) is 22.4. The highest BCUT2D eigenvalue weighted by atomic mass is 35.5. The van der Waals surface area contributed by atoms with Gasteiger partial charge in [0, 0.05) is 30.8 Å². The van der Waals surface area contributed by atoms with E-state index in [0.29, 0.717) is 32.5 Å². The van der Waals surface area contributed by atoms with Crippen LogP contribution in [0.1, 0.15) is 29.4 Å². The van der Waals surface area contributed by atoms with E-state index < -0.39 is 9.84 Å². The number of rotatable bonds is 3. The molecule has 2 amide bonds. The lowest BCUT2D eigenvalue weighted by Crippen LogP contribution is -2.47. The van der Waals surface area contributed by atoms with Crippen LogP contribution in [-0.2, 0) is 14.6 Å². The van der Waals surface area contributed by atoms with Crippen molar-refractivity contribution < 1.29 is 22.7 Å². The summed E-state index contributed by atoms with van der Waals surface area (Å²) in [6.45, 7) is 3.41. The molecule has 25 heavy (non-hydrogen) atoms. The van der Waals surface area contributed by atoms with Gasteiger partial charge < -0.3 is 14.5 Å². The van der Waals surface area contributed by atoms with E-state index in [1.54, 1.807) is 9.80 Å². The number of hydrogen-bond acceptors (Lipinski definition) is 6. The summed E-state index contributed by atoms with van der Waals surface area (Å²) >= 11 is 7.15. The number of halogens is 1. The van der Waals surface area contributed by atoms with Crippen molar-refractivity contribution in [2.75, 3.05) is 25.9 Å². The molecule has 1 unspecified atom stereocenters. The molecule has 2 fully saturated rings. The summed E-state index contributed by atoms with van der Waals surface area (Å²) < 4.78 is 28.5. The molecule has 0 aromatic carbocycles. The van der Waals surface area contributed by atoms with E-state index in [2.05, 4.69) is 0 Å². The van der Waals surface area contributed by atoms with Gasteiger partial charge in [-0.05, 0) is 19.8 Å². The summed E-state index contributed by atoms with van der Waals surface area (Å²) in [5.41, 5.74) is 0. The van der Waals surface area contributed by atoms with Crippen LogP contribution in [0.2, 0.25) is 5.02 Å². The fourth-order valence-corrected chi connectivity index (χ4v) is 6.05. The molecule has 2 aliphatic heterocycles. The van der Waals surface area contributed by atoms with Crippen molar-refractivity contribution >= 4 is 44.8 Å². The Bertz CT molecular complexity index is 799. The molecule has 0 spiro atoms. The lowest BCUT2D eigenvalue weighted by Gasteiger charge is -2.35. The first kappa shape index (κ1) is 18.5. The van der Waals surface area contributed by atoms with Crippen LogP contribution in [0.25, 0.3) is 0 Å². The zero-order valence-corrected chi connectivity index (χ0v) is 16.3. The van der Waals surface area contributed by atoms with E-state index in [-0.39, 0.29) is 38.9 Å². The van der Waals surface area contributed by atoms with Crippen LogP contribution in [0.3, 0.4) is 0 Å². The van der Waals surface area contributed by atoms with Gasteiger partial charge in [-0.25, -0.2) is 13.2 Å². The van der Waals surface area contributed by atoms with E-state index in [0.717, 1.165) is 17.6 Å². The van der Waals surface area contributed by atoms with Crippen LogP contribution in [0.5, 0.6) is 0 Å².